The second-order valence-electron chi connectivity index (χ2n) is 4.98. The molecule has 0 aromatic heterocycles. The molecule has 0 rings (SSSR count). The fourth-order valence-corrected chi connectivity index (χ4v) is 1.38. The van der Waals surface area contributed by atoms with Crippen molar-refractivity contribution in [3.63, 3.8) is 0 Å². The highest BCUT2D eigenvalue weighted by atomic mass is 16.5. The number of carbonyl (C=O) groups is 1. The van der Waals surface area contributed by atoms with Gasteiger partial charge in [0, 0.05) is 5.92 Å². The van der Waals surface area contributed by atoms with Gasteiger partial charge in [0.15, 0.2) is 0 Å². The first kappa shape index (κ1) is 16.0. The van der Waals surface area contributed by atoms with Crippen molar-refractivity contribution in [2.45, 2.75) is 47.0 Å². The van der Waals surface area contributed by atoms with Gasteiger partial charge in [-0.25, -0.2) is 0 Å². The molecule has 0 aliphatic carbocycles. The van der Waals surface area contributed by atoms with Crippen LogP contribution in [-0.4, -0.2) is 12.6 Å². The molecule has 0 heterocycles. The maximum atomic E-state index is 11.6. The van der Waals surface area contributed by atoms with Crippen LogP contribution in [0.2, 0.25) is 0 Å². The predicted octanol–water partition coefficient (Wildman–Crippen LogP) is 4.12. The lowest BCUT2D eigenvalue weighted by Crippen LogP contribution is -2.19. The fraction of sp³-hybridized carbons (Fsp3) is 0.667. The quantitative estimate of drug-likeness (QED) is 0.469. The van der Waals surface area contributed by atoms with E-state index >= 15 is 0 Å². The van der Waals surface area contributed by atoms with Gasteiger partial charge in [-0.05, 0) is 33.1 Å². The van der Waals surface area contributed by atoms with Gasteiger partial charge < -0.3 is 4.74 Å². The van der Waals surface area contributed by atoms with Crippen LogP contribution in [0.3, 0.4) is 0 Å². The highest BCUT2D eigenvalue weighted by Gasteiger charge is 2.16. The van der Waals surface area contributed by atoms with Gasteiger partial charge in [0.25, 0.3) is 0 Å². The first-order valence-electron chi connectivity index (χ1n) is 6.34. The molecule has 17 heavy (non-hydrogen) atoms. The lowest BCUT2D eigenvalue weighted by atomic mass is 9.95. The average Bonchev–Trinajstić information content (AvgIpc) is 2.26. The molecule has 0 N–H and O–H groups in total. The average molecular weight is 238 g/mol. The van der Waals surface area contributed by atoms with Crippen molar-refractivity contribution < 1.29 is 9.53 Å². The number of hydrogen-bond acceptors (Lipinski definition) is 2. The molecule has 0 bridgehead atoms. The molecule has 2 heteroatoms. The van der Waals surface area contributed by atoms with E-state index in [1.54, 1.807) is 0 Å². The number of allylic oxidation sites excluding steroid dienone is 1. The van der Waals surface area contributed by atoms with E-state index in [1.165, 1.54) is 0 Å². The Balaban J connectivity index is 4.13. The molecule has 98 valence electrons. The molecule has 0 aromatic rings. The van der Waals surface area contributed by atoms with Gasteiger partial charge in [0.2, 0.25) is 0 Å². The highest BCUT2D eigenvalue weighted by molar-refractivity contribution is 5.71. The van der Waals surface area contributed by atoms with Crippen molar-refractivity contribution in [3.8, 4) is 0 Å². The summed E-state index contributed by atoms with van der Waals surface area (Å²) in [5.41, 5.74) is 2.23. The zero-order valence-electron chi connectivity index (χ0n) is 11.7. The third kappa shape index (κ3) is 6.98. The standard InChI is InChI=1S/C15H26O2/c1-7-13(6)15(16)17-10-14(12(4)5)9-8-11(2)3/h13-14H,2,4,7-10H2,1,3,5-6H3. The van der Waals surface area contributed by atoms with E-state index in [1.807, 2.05) is 27.7 Å². The molecule has 0 saturated carbocycles. The van der Waals surface area contributed by atoms with Crippen molar-refractivity contribution in [1.29, 1.82) is 0 Å². The van der Waals surface area contributed by atoms with E-state index in [0.29, 0.717) is 6.61 Å². The number of rotatable bonds is 8. The molecule has 0 aliphatic rings. The van der Waals surface area contributed by atoms with Crippen LogP contribution in [0.4, 0.5) is 0 Å². The molecule has 0 radical (unpaired) electrons. The second kappa shape index (κ2) is 8.10. The van der Waals surface area contributed by atoms with Crippen LogP contribution in [0.1, 0.15) is 47.0 Å². The molecule has 0 aromatic carbocycles. The smallest absolute Gasteiger partial charge is 0.308 e. The largest absolute Gasteiger partial charge is 0.465 e. The van der Waals surface area contributed by atoms with E-state index in [9.17, 15) is 4.79 Å². The van der Waals surface area contributed by atoms with E-state index in [0.717, 1.165) is 30.4 Å². The maximum absolute atomic E-state index is 11.6. The first-order valence-corrected chi connectivity index (χ1v) is 6.34. The number of esters is 1. The Labute approximate surface area is 106 Å². The van der Waals surface area contributed by atoms with E-state index in [-0.39, 0.29) is 17.8 Å². The predicted molar refractivity (Wildman–Crippen MR) is 72.8 cm³/mol. The van der Waals surface area contributed by atoms with Crippen molar-refractivity contribution in [3.05, 3.63) is 24.3 Å². The Bertz CT molecular complexity index is 279. The Kier molecular flexibility index (Phi) is 7.60. The van der Waals surface area contributed by atoms with Crippen LogP contribution < -0.4 is 0 Å². The fourth-order valence-electron chi connectivity index (χ4n) is 1.38. The van der Waals surface area contributed by atoms with Crippen molar-refractivity contribution in [2.24, 2.45) is 11.8 Å². The van der Waals surface area contributed by atoms with Gasteiger partial charge in [-0.15, -0.1) is 6.58 Å². The van der Waals surface area contributed by atoms with Crippen molar-refractivity contribution in [2.75, 3.05) is 6.61 Å². The van der Waals surface area contributed by atoms with Crippen LogP contribution >= 0.6 is 0 Å². The van der Waals surface area contributed by atoms with Crippen LogP contribution in [0.25, 0.3) is 0 Å². The van der Waals surface area contributed by atoms with Crippen molar-refractivity contribution in [1.82, 2.24) is 0 Å². The van der Waals surface area contributed by atoms with E-state index in [4.69, 9.17) is 4.74 Å². The van der Waals surface area contributed by atoms with Gasteiger partial charge in [-0.3, -0.25) is 4.79 Å². The Morgan fingerprint density at radius 3 is 2.29 bits per heavy atom. The summed E-state index contributed by atoms with van der Waals surface area (Å²) in [4.78, 5) is 11.6. The Morgan fingerprint density at radius 2 is 1.88 bits per heavy atom. The zero-order chi connectivity index (χ0) is 13.4. The summed E-state index contributed by atoms with van der Waals surface area (Å²) in [6.07, 6.45) is 2.74. The summed E-state index contributed by atoms with van der Waals surface area (Å²) < 4.78 is 5.32. The van der Waals surface area contributed by atoms with Crippen LogP contribution in [0.5, 0.6) is 0 Å². The summed E-state index contributed by atoms with van der Waals surface area (Å²) >= 11 is 0. The summed E-state index contributed by atoms with van der Waals surface area (Å²) in [5.74, 6) is 0.135. The minimum absolute atomic E-state index is 0.0121. The highest BCUT2D eigenvalue weighted by Crippen LogP contribution is 2.19. The summed E-state index contributed by atoms with van der Waals surface area (Å²) in [6.45, 7) is 16.2. The Hall–Kier alpha value is -1.05. The van der Waals surface area contributed by atoms with Crippen LogP contribution in [0, 0.1) is 11.8 Å². The molecular weight excluding hydrogens is 212 g/mol. The maximum Gasteiger partial charge on any atom is 0.308 e. The zero-order valence-corrected chi connectivity index (χ0v) is 11.7. The molecule has 2 nitrogen and oxygen atoms in total. The summed E-state index contributed by atoms with van der Waals surface area (Å²) in [6, 6.07) is 0. The van der Waals surface area contributed by atoms with E-state index < -0.39 is 0 Å². The monoisotopic (exact) mass is 238 g/mol. The van der Waals surface area contributed by atoms with Gasteiger partial charge >= 0.3 is 5.97 Å². The molecule has 0 spiro atoms. The molecule has 0 aliphatic heterocycles. The van der Waals surface area contributed by atoms with Gasteiger partial charge in [-0.1, -0.05) is 31.6 Å². The van der Waals surface area contributed by atoms with Crippen LogP contribution in [-0.2, 0) is 9.53 Å². The van der Waals surface area contributed by atoms with E-state index in [2.05, 4.69) is 13.2 Å². The molecule has 0 fully saturated rings. The lowest BCUT2D eigenvalue weighted by Gasteiger charge is -2.18. The minimum Gasteiger partial charge on any atom is -0.465 e. The topological polar surface area (TPSA) is 26.3 Å². The van der Waals surface area contributed by atoms with Gasteiger partial charge in [0.1, 0.15) is 0 Å². The van der Waals surface area contributed by atoms with Crippen molar-refractivity contribution >= 4 is 5.97 Å². The Morgan fingerprint density at radius 1 is 1.29 bits per heavy atom. The summed E-state index contributed by atoms with van der Waals surface area (Å²) in [7, 11) is 0. The number of carbonyl (C=O) groups excluding carboxylic acids is 1. The molecule has 0 amide bonds. The van der Waals surface area contributed by atoms with Gasteiger partial charge in [-0.2, -0.15) is 0 Å². The first-order chi connectivity index (χ1) is 7.88. The molecule has 2 unspecified atom stereocenters. The normalized spacial score (nSPS) is 13.9. The molecule has 0 saturated heterocycles. The lowest BCUT2D eigenvalue weighted by molar-refractivity contribution is -0.149. The van der Waals surface area contributed by atoms with Crippen LogP contribution in [0.15, 0.2) is 24.3 Å². The minimum atomic E-state index is -0.103. The second-order valence-corrected chi connectivity index (χ2v) is 4.98. The number of hydrogen-bond donors (Lipinski definition) is 0. The van der Waals surface area contributed by atoms with Gasteiger partial charge in [0.05, 0.1) is 12.5 Å². The number of ether oxygens (including phenoxy) is 1. The SMILES string of the molecule is C=C(C)CCC(COC(=O)C(C)CC)C(=C)C. The third-order valence-electron chi connectivity index (χ3n) is 3.06. The third-order valence-corrected chi connectivity index (χ3v) is 3.06. The summed E-state index contributed by atoms with van der Waals surface area (Å²) in [5, 5.41) is 0. The molecule has 2 atom stereocenters. The molecular formula is C15H26O2.